The van der Waals surface area contributed by atoms with Gasteiger partial charge < -0.3 is 0 Å². The topological polar surface area (TPSA) is 102 Å². The fourth-order valence-electron chi connectivity index (χ4n) is 0.144. The number of halogens is 2. The van der Waals surface area contributed by atoms with E-state index in [1.54, 1.807) is 0 Å². The lowest BCUT2D eigenvalue weighted by Gasteiger charge is -1.98. The molecule has 0 aromatic rings. The molecule has 0 aliphatic heterocycles. The third-order valence-corrected chi connectivity index (χ3v) is 3.31. The molecule has 0 atom stereocenters. The largest absolute Gasteiger partial charge is 0.365 e. The Kier molecular flexibility index (Phi) is 3.97. The van der Waals surface area contributed by atoms with Crippen molar-refractivity contribution < 1.29 is 20.5 Å². The van der Waals surface area contributed by atoms with E-state index in [1.165, 1.54) is 0 Å². The highest BCUT2D eigenvalue weighted by atomic mass is 35.5. The van der Waals surface area contributed by atoms with E-state index in [4.69, 9.17) is 0 Å². The summed E-state index contributed by atoms with van der Waals surface area (Å²) in [5.41, 5.74) is 0. The number of nitrogens with one attached hydrogen (secondary N) is 2. The van der Waals surface area contributed by atoms with E-state index in [1.807, 2.05) is 0 Å². The second kappa shape index (κ2) is 3.85. The molecule has 7 nitrogen and oxygen atoms in total. The molecular formula is H2Cl2N2O5S2. The minimum atomic E-state index is -4.51. The molecule has 0 radical (unpaired) electrons. The van der Waals surface area contributed by atoms with Crippen LogP contribution in [0.15, 0.2) is 0 Å². The fraction of sp³-hybridized carbons (Fsp3) is 0. The Bertz CT molecular complexity index is 269. The van der Waals surface area contributed by atoms with Gasteiger partial charge in [-0.1, -0.05) is 0 Å². The zero-order chi connectivity index (χ0) is 9.12. The monoisotopic (exact) mass is 244 g/mol. The van der Waals surface area contributed by atoms with Crippen molar-refractivity contribution in [2.24, 2.45) is 0 Å². The van der Waals surface area contributed by atoms with Crippen molar-refractivity contribution in [1.82, 2.24) is 8.48 Å². The van der Waals surface area contributed by atoms with Crippen LogP contribution in [0.1, 0.15) is 0 Å². The SMILES string of the molecule is O=S(=O)(NCl)OS(=O)(=O)NCl. The lowest BCUT2D eigenvalue weighted by molar-refractivity contribution is 0.458. The average Bonchev–Trinajstić information content (AvgIpc) is 1.86. The predicted molar refractivity (Wildman–Crippen MR) is 36.9 cm³/mol. The van der Waals surface area contributed by atoms with Gasteiger partial charge in [0.2, 0.25) is 0 Å². The van der Waals surface area contributed by atoms with Gasteiger partial charge in [0.1, 0.15) is 0 Å². The molecule has 0 unspecified atom stereocenters. The molecule has 2 N–H and O–H groups in total. The Labute approximate surface area is 73.4 Å². The maximum atomic E-state index is 10.2. The van der Waals surface area contributed by atoms with Crippen molar-refractivity contribution in [1.29, 1.82) is 0 Å². The molecule has 11 heavy (non-hydrogen) atoms. The first-order chi connectivity index (χ1) is 4.83. The van der Waals surface area contributed by atoms with E-state index in [-0.39, 0.29) is 0 Å². The zero-order valence-electron chi connectivity index (χ0n) is 4.61. The van der Waals surface area contributed by atoms with Crippen LogP contribution in [0.5, 0.6) is 0 Å². The molecule has 0 aromatic heterocycles. The third-order valence-electron chi connectivity index (χ3n) is 0.368. The lowest BCUT2D eigenvalue weighted by atomic mass is 13.9. The first-order valence-electron chi connectivity index (χ1n) is 1.79. The molecule has 0 amide bonds. The van der Waals surface area contributed by atoms with Gasteiger partial charge in [-0.3, -0.25) is 0 Å². The van der Waals surface area contributed by atoms with Crippen LogP contribution in [-0.4, -0.2) is 16.8 Å². The molecule has 0 fully saturated rings. The van der Waals surface area contributed by atoms with Gasteiger partial charge in [-0.2, -0.15) is 16.8 Å². The van der Waals surface area contributed by atoms with Crippen molar-refractivity contribution >= 4 is 44.2 Å². The van der Waals surface area contributed by atoms with Crippen molar-refractivity contribution in [3.63, 3.8) is 0 Å². The molecule has 0 rings (SSSR count). The molecule has 0 aliphatic rings. The van der Waals surface area contributed by atoms with Crippen molar-refractivity contribution in [2.45, 2.75) is 0 Å². The smallest absolute Gasteiger partial charge is 0.179 e. The number of hydrogen-bond donors (Lipinski definition) is 2. The van der Waals surface area contributed by atoms with Crippen LogP contribution in [0.25, 0.3) is 0 Å². The summed E-state index contributed by atoms with van der Waals surface area (Å²) in [6.07, 6.45) is 0. The van der Waals surface area contributed by atoms with Crippen molar-refractivity contribution in [3.8, 4) is 0 Å². The standard InChI is InChI=1S/Cl2H2N2O5S2/c1-3-10(5,6)9-11(7,8)4-2/h3-4H. The molecule has 0 saturated carbocycles. The van der Waals surface area contributed by atoms with E-state index < -0.39 is 20.6 Å². The summed E-state index contributed by atoms with van der Waals surface area (Å²) in [7, 11) is -9.02. The number of rotatable bonds is 4. The van der Waals surface area contributed by atoms with E-state index >= 15 is 0 Å². The maximum absolute atomic E-state index is 10.2. The summed E-state index contributed by atoms with van der Waals surface area (Å²) in [5.74, 6) is 0. The van der Waals surface area contributed by atoms with Crippen LogP contribution in [0.3, 0.4) is 0 Å². The van der Waals surface area contributed by atoms with Gasteiger partial charge >= 0.3 is 20.6 Å². The fourth-order valence-corrected chi connectivity index (χ4v) is 1.76. The lowest BCUT2D eigenvalue weighted by Crippen LogP contribution is -2.26. The average molecular weight is 245 g/mol. The van der Waals surface area contributed by atoms with Crippen LogP contribution in [0.2, 0.25) is 0 Å². The van der Waals surface area contributed by atoms with Gasteiger partial charge in [-0.05, 0) is 23.6 Å². The summed E-state index contributed by atoms with van der Waals surface area (Å²) in [6, 6.07) is 0. The van der Waals surface area contributed by atoms with Gasteiger partial charge in [0.25, 0.3) is 0 Å². The van der Waals surface area contributed by atoms with E-state index in [0.29, 0.717) is 0 Å². The predicted octanol–water partition coefficient (Wildman–Crippen LogP) is -1.02. The zero-order valence-corrected chi connectivity index (χ0v) is 7.76. The van der Waals surface area contributed by atoms with E-state index in [9.17, 15) is 16.8 Å². The van der Waals surface area contributed by atoms with Gasteiger partial charge in [0.15, 0.2) is 0 Å². The summed E-state index contributed by atoms with van der Waals surface area (Å²) >= 11 is 9.12. The molecule has 68 valence electrons. The van der Waals surface area contributed by atoms with Gasteiger partial charge in [0.05, 0.1) is 0 Å². The summed E-state index contributed by atoms with van der Waals surface area (Å²) < 4.78 is 46.5. The Balaban J connectivity index is 4.54. The first-order valence-corrected chi connectivity index (χ1v) is 5.36. The molecule has 0 saturated heterocycles. The van der Waals surface area contributed by atoms with Gasteiger partial charge in [0, 0.05) is 0 Å². The van der Waals surface area contributed by atoms with Crippen LogP contribution in [-0.2, 0) is 24.2 Å². The third kappa shape index (κ3) is 4.74. The highest BCUT2D eigenvalue weighted by Crippen LogP contribution is 1.96. The van der Waals surface area contributed by atoms with Crippen LogP contribution in [0, 0.1) is 0 Å². The van der Waals surface area contributed by atoms with Gasteiger partial charge in [-0.15, -0.1) is 12.1 Å². The van der Waals surface area contributed by atoms with Crippen LogP contribution in [0.4, 0.5) is 0 Å². The molecular weight excluding hydrogens is 243 g/mol. The maximum Gasteiger partial charge on any atom is 0.365 e. The molecule has 0 spiro atoms. The molecule has 0 aliphatic carbocycles. The quantitative estimate of drug-likeness (QED) is 0.617. The summed E-state index contributed by atoms with van der Waals surface area (Å²) in [6.45, 7) is 0. The van der Waals surface area contributed by atoms with E-state index in [0.717, 1.165) is 8.48 Å². The second-order valence-electron chi connectivity index (χ2n) is 1.13. The molecule has 0 bridgehead atoms. The molecule has 0 heterocycles. The molecule has 11 heteroatoms. The Morgan fingerprint density at radius 2 is 1.18 bits per heavy atom. The van der Waals surface area contributed by atoms with Crippen LogP contribution < -0.4 is 8.48 Å². The highest BCUT2D eigenvalue weighted by Gasteiger charge is 2.20. The second-order valence-corrected chi connectivity index (χ2v) is 4.73. The minimum absolute atomic E-state index is 1.08. The number of hydrogen-bond acceptors (Lipinski definition) is 5. The highest BCUT2D eigenvalue weighted by molar-refractivity contribution is 7.98. The minimum Gasteiger partial charge on any atom is -0.179 e. The van der Waals surface area contributed by atoms with Gasteiger partial charge in [-0.25, -0.2) is 0 Å². The Hall–Kier alpha value is 0.360. The molecule has 0 aromatic carbocycles. The normalized spacial score (nSPS) is 13.3. The van der Waals surface area contributed by atoms with Crippen LogP contribution >= 0.6 is 23.6 Å². The Morgan fingerprint density at radius 1 is 0.909 bits per heavy atom. The summed E-state index contributed by atoms with van der Waals surface area (Å²) in [5, 5.41) is 0. The summed E-state index contributed by atoms with van der Waals surface area (Å²) in [4.78, 5) is 0. The van der Waals surface area contributed by atoms with Crippen molar-refractivity contribution in [2.75, 3.05) is 0 Å². The van der Waals surface area contributed by atoms with E-state index in [2.05, 4.69) is 27.2 Å². The van der Waals surface area contributed by atoms with Crippen molar-refractivity contribution in [3.05, 3.63) is 0 Å². The first kappa shape index (κ1) is 11.4. The Morgan fingerprint density at radius 3 is 1.36 bits per heavy atom.